The van der Waals surface area contributed by atoms with Gasteiger partial charge in [0.25, 0.3) is 5.91 Å². The summed E-state index contributed by atoms with van der Waals surface area (Å²) >= 11 is 0. The molecule has 2 bridgehead atoms. The Balaban J connectivity index is 1.27. The average molecular weight is 403 g/mol. The van der Waals surface area contributed by atoms with Gasteiger partial charge in [-0.15, -0.1) is 0 Å². The molecular weight excluding hydrogens is 378 g/mol. The number of rotatable bonds is 6. The van der Waals surface area contributed by atoms with E-state index < -0.39 is 0 Å². The van der Waals surface area contributed by atoms with Gasteiger partial charge in [-0.1, -0.05) is 6.07 Å². The van der Waals surface area contributed by atoms with Gasteiger partial charge in [0.2, 0.25) is 0 Å². The van der Waals surface area contributed by atoms with Crippen LogP contribution >= 0.6 is 0 Å². The predicted octanol–water partition coefficient (Wildman–Crippen LogP) is 3.98. The van der Waals surface area contributed by atoms with E-state index in [1.807, 2.05) is 36.4 Å². The number of aromatic nitrogens is 2. The predicted molar refractivity (Wildman–Crippen MR) is 114 cm³/mol. The maximum atomic E-state index is 12.7. The lowest BCUT2D eigenvalue weighted by atomic mass is 10.00. The van der Waals surface area contributed by atoms with Crippen LogP contribution in [0.3, 0.4) is 0 Å². The van der Waals surface area contributed by atoms with Gasteiger partial charge in [-0.25, -0.2) is 9.97 Å². The molecule has 1 saturated carbocycles. The summed E-state index contributed by atoms with van der Waals surface area (Å²) in [6, 6.07) is 11.4. The van der Waals surface area contributed by atoms with Gasteiger partial charge in [0.1, 0.15) is 0 Å². The van der Waals surface area contributed by atoms with Crippen LogP contribution in [0.15, 0.2) is 36.4 Å². The number of amides is 1. The molecule has 2 aliphatic rings. The van der Waals surface area contributed by atoms with Crippen LogP contribution < -0.4 is 14.8 Å². The molecule has 30 heavy (non-hydrogen) atoms. The topological polar surface area (TPSA) is 73.3 Å². The van der Waals surface area contributed by atoms with Gasteiger partial charge < -0.3 is 14.8 Å². The van der Waals surface area contributed by atoms with E-state index in [0.29, 0.717) is 41.9 Å². The molecule has 1 fully saturated rings. The summed E-state index contributed by atoms with van der Waals surface area (Å²) in [6.07, 6.45) is 4.35. The number of carbonyl (C=O) groups excluding carboxylic acids is 1. The number of benzene rings is 2. The fraction of sp³-hybridized carbons (Fsp3) is 0.375. The molecule has 2 atom stereocenters. The van der Waals surface area contributed by atoms with Crippen LogP contribution in [0.4, 0.5) is 0 Å². The van der Waals surface area contributed by atoms with Gasteiger partial charge in [-0.3, -0.25) is 4.79 Å². The molecule has 1 amide bonds. The second kappa shape index (κ2) is 7.59. The molecule has 1 heterocycles. The standard InChI is InChI=1S/C24H25N3O3/c1-29-20-8-3-14(11-21(20)30-2)9-10-25-24(28)17-6-7-18-19(13-17)27-23-16-5-4-15(12-16)22(23)26-18/h3,6-8,11,13,15-16H,4-5,9-10,12H2,1-2H3,(H,25,28). The maximum absolute atomic E-state index is 12.7. The fourth-order valence-corrected chi connectivity index (χ4v) is 4.76. The van der Waals surface area contributed by atoms with Crippen molar-refractivity contribution in [3.05, 3.63) is 58.9 Å². The van der Waals surface area contributed by atoms with Crippen LogP contribution in [-0.2, 0) is 6.42 Å². The number of hydrogen-bond acceptors (Lipinski definition) is 5. The van der Waals surface area contributed by atoms with Crippen molar-refractivity contribution in [3.8, 4) is 11.5 Å². The molecule has 2 aliphatic carbocycles. The second-order valence-electron chi connectivity index (χ2n) is 8.10. The molecule has 1 aromatic heterocycles. The van der Waals surface area contributed by atoms with Crippen LogP contribution in [0.5, 0.6) is 11.5 Å². The number of nitrogens with one attached hydrogen (secondary N) is 1. The molecule has 6 heteroatoms. The first kappa shape index (κ1) is 18.9. The van der Waals surface area contributed by atoms with Crippen molar-refractivity contribution in [2.45, 2.75) is 37.5 Å². The zero-order chi connectivity index (χ0) is 20.7. The molecule has 3 aromatic rings. The van der Waals surface area contributed by atoms with Crippen molar-refractivity contribution in [2.75, 3.05) is 20.8 Å². The molecule has 2 aromatic carbocycles. The van der Waals surface area contributed by atoms with Gasteiger partial charge in [0.05, 0.1) is 36.6 Å². The second-order valence-corrected chi connectivity index (χ2v) is 8.10. The molecule has 0 spiro atoms. The van der Waals surface area contributed by atoms with Gasteiger partial charge in [0.15, 0.2) is 11.5 Å². The minimum atomic E-state index is -0.0961. The van der Waals surface area contributed by atoms with E-state index in [1.165, 1.54) is 25.0 Å². The van der Waals surface area contributed by atoms with E-state index in [0.717, 1.165) is 22.3 Å². The molecule has 154 valence electrons. The highest BCUT2D eigenvalue weighted by atomic mass is 16.5. The molecule has 1 N–H and O–H groups in total. The van der Waals surface area contributed by atoms with Crippen molar-refractivity contribution in [2.24, 2.45) is 0 Å². The number of ether oxygens (including phenoxy) is 2. The fourth-order valence-electron chi connectivity index (χ4n) is 4.76. The average Bonchev–Trinajstić information content (AvgIpc) is 3.39. The van der Waals surface area contributed by atoms with E-state index in [1.54, 1.807) is 14.2 Å². The van der Waals surface area contributed by atoms with Crippen LogP contribution in [-0.4, -0.2) is 36.6 Å². The van der Waals surface area contributed by atoms with Crippen molar-refractivity contribution >= 4 is 16.9 Å². The summed E-state index contributed by atoms with van der Waals surface area (Å²) in [4.78, 5) is 22.4. The third-order valence-corrected chi connectivity index (χ3v) is 6.34. The van der Waals surface area contributed by atoms with Crippen LogP contribution in [0.1, 0.15) is 58.4 Å². The lowest BCUT2D eigenvalue weighted by Gasteiger charge is -2.14. The summed E-state index contributed by atoms with van der Waals surface area (Å²) in [7, 11) is 3.23. The highest BCUT2D eigenvalue weighted by molar-refractivity contribution is 5.97. The molecule has 0 saturated heterocycles. The molecular formula is C24H25N3O3. The minimum Gasteiger partial charge on any atom is -0.493 e. The van der Waals surface area contributed by atoms with E-state index in [-0.39, 0.29) is 5.91 Å². The highest BCUT2D eigenvalue weighted by Gasteiger charge is 2.39. The Hall–Kier alpha value is -3.15. The molecule has 2 unspecified atom stereocenters. The lowest BCUT2D eigenvalue weighted by Crippen LogP contribution is -2.25. The van der Waals surface area contributed by atoms with Gasteiger partial charge >= 0.3 is 0 Å². The summed E-state index contributed by atoms with van der Waals surface area (Å²) in [5.74, 6) is 2.43. The zero-order valence-electron chi connectivity index (χ0n) is 17.3. The van der Waals surface area contributed by atoms with Crippen molar-refractivity contribution in [1.82, 2.24) is 15.3 Å². The largest absolute Gasteiger partial charge is 0.493 e. The number of methoxy groups -OCH3 is 2. The van der Waals surface area contributed by atoms with Crippen LogP contribution in [0.2, 0.25) is 0 Å². The Morgan fingerprint density at radius 2 is 1.70 bits per heavy atom. The van der Waals surface area contributed by atoms with Gasteiger partial charge in [0, 0.05) is 23.9 Å². The van der Waals surface area contributed by atoms with Crippen LogP contribution in [0.25, 0.3) is 11.0 Å². The molecule has 6 nitrogen and oxygen atoms in total. The van der Waals surface area contributed by atoms with Crippen molar-refractivity contribution in [1.29, 1.82) is 0 Å². The quantitative estimate of drug-likeness (QED) is 0.674. The maximum Gasteiger partial charge on any atom is 0.251 e. The number of carbonyl (C=O) groups is 1. The third kappa shape index (κ3) is 3.26. The molecule has 0 aliphatic heterocycles. The van der Waals surface area contributed by atoms with E-state index >= 15 is 0 Å². The Morgan fingerprint density at radius 1 is 0.967 bits per heavy atom. The third-order valence-electron chi connectivity index (χ3n) is 6.34. The Morgan fingerprint density at radius 3 is 2.43 bits per heavy atom. The van der Waals surface area contributed by atoms with Crippen molar-refractivity contribution < 1.29 is 14.3 Å². The molecule has 5 rings (SSSR count). The monoisotopic (exact) mass is 403 g/mol. The summed E-state index contributed by atoms with van der Waals surface area (Å²) in [5.41, 5.74) is 5.72. The van der Waals surface area contributed by atoms with E-state index in [9.17, 15) is 4.79 Å². The number of nitrogens with zero attached hydrogens (tertiary/aromatic N) is 2. The van der Waals surface area contributed by atoms with E-state index in [4.69, 9.17) is 19.4 Å². The number of fused-ring (bicyclic) bond motifs is 6. The minimum absolute atomic E-state index is 0.0961. The molecule has 0 radical (unpaired) electrons. The van der Waals surface area contributed by atoms with Crippen molar-refractivity contribution in [3.63, 3.8) is 0 Å². The van der Waals surface area contributed by atoms with Crippen LogP contribution in [0, 0.1) is 0 Å². The highest BCUT2D eigenvalue weighted by Crippen LogP contribution is 2.51. The Labute approximate surface area is 175 Å². The summed E-state index contributed by atoms with van der Waals surface area (Å²) < 4.78 is 10.6. The van der Waals surface area contributed by atoms with Gasteiger partial charge in [-0.2, -0.15) is 0 Å². The summed E-state index contributed by atoms with van der Waals surface area (Å²) in [5, 5.41) is 3.00. The smallest absolute Gasteiger partial charge is 0.251 e. The number of hydrogen-bond donors (Lipinski definition) is 1. The first-order valence-electron chi connectivity index (χ1n) is 10.5. The lowest BCUT2D eigenvalue weighted by molar-refractivity contribution is 0.0954. The Kier molecular flexibility index (Phi) is 4.77. The van der Waals surface area contributed by atoms with Gasteiger partial charge in [-0.05, 0) is 61.6 Å². The SMILES string of the molecule is COc1ccc(CCNC(=O)c2ccc3nc4c(nc3c2)C2CCC4C2)cc1OC. The van der Waals surface area contributed by atoms with E-state index in [2.05, 4.69) is 5.32 Å². The first-order chi connectivity index (χ1) is 14.7. The normalized spacial score (nSPS) is 19.0. The first-order valence-corrected chi connectivity index (χ1v) is 10.5. The zero-order valence-corrected chi connectivity index (χ0v) is 17.3. The Bertz CT molecular complexity index is 1130. The summed E-state index contributed by atoms with van der Waals surface area (Å²) in [6.45, 7) is 0.534.